The third-order valence-corrected chi connectivity index (χ3v) is 3.17. The van der Waals surface area contributed by atoms with Crippen molar-refractivity contribution < 1.29 is 0 Å². The molecule has 2 N–H and O–H groups in total. The minimum atomic E-state index is -0.0990. The number of hydrogen-bond acceptors (Lipinski definition) is 4. The van der Waals surface area contributed by atoms with Crippen LogP contribution in [0.4, 0.5) is 11.4 Å². The fourth-order valence-corrected chi connectivity index (χ4v) is 1.93. The lowest BCUT2D eigenvalue weighted by atomic mass is 10.3. The lowest BCUT2D eigenvalue weighted by molar-refractivity contribution is 0.619. The second-order valence-electron chi connectivity index (χ2n) is 5.26. The lowest BCUT2D eigenvalue weighted by Gasteiger charge is -2.18. The Morgan fingerprint density at radius 1 is 0.840 bits per heavy atom. The van der Waals surface area contributed by atoms with E-state index >= 15 is 0 Å². The quantitative estimate of drug-likeness (QED) is 0.510. The van der Waals surface area contributed by atoms with Crippen molar-refractivity contribution in [1.82, 2.24) is 4.90 Å². The highest BCUT2D eigenvalue weighted by Crippen LogP contribution is 2.14. The van der Waals surface area contributed by atoms with Crippen LogP contribution in [0.3, 0.4) is 0 Å². The number of para-hydroxylation sites is 2. The fourth-order valence-electron chi connectivity index (χ4n) is 1.93. The zero-order chi connectivity index (χ0) is 18.1. The average molecular weight is 330 g/mol. The van der Waals surface area contributed by atoms with E-state index in [1.807, 2.05) is 86.9 Å². The van der Waals surface area contributed by atoms with Crippen LogP contribution in [0.2, 0.25) is 0 Å². The first-order valence-electron chi connectivity index (χ1n) is 7.58. The highest BCUT2D eigenvalue weighted by atomic mass is 15.3. The van der Waals surface area contributed by atoms with Gasteiger partial charge in [0, 0.05) is 25.5 Å². The zero-order valence-corrected chi connectivity index (χ0v) is 14.1. The molecule has 2 aromatic rings. The molecule has 0 saturated carbocycles. The summed E-state index contributed by atoms with van der Waals surface area (Å²) >= 11 is 0. The van der Waals surface area contributed by atoms with Gasteiger partial charge in [-0.05, 0) is 24.3 Å². The third-order valence-electron chi connectivity index (χ3n) is 3.17. The maximum Gasteiger partial charge on any atom is 0.204 e. The normalized spacial score (nSPS) is 10.2. The van der Waals surface area contributed by atoms with Gasteiger partial charge in [0.25, 0.3) is 0 Å². The van der Waals surface area contributed by atoms with Crippen LogP contribution in [0, 0.1) is 22.7 Å². The topological polar surface area (TPSA) is 87.2 Å². The molecule has 0 aliphatic rings. The van der Waals surface area contributed by atoms with E-state index in [4.69, 9.17) is 0 Å². The van der Waals surface area contributed by atoms with Crippen molar-refractivity contribution in [2.45, 2.75) is 0 Å². The Bertz CT molecular complexity index is 823. The van der Waals surface area contributed by atoms with Gasteiger partial charge in [0.1, 0.15) is 12.1 Å². The van der Waals surface area contributed by atoms with Crippen LogP contribution in [0.1, 0.15) is 0 Å². The molecule has 0 atom stereocenters. The van der Waals surface area contributed by atoms with Crippen molar-refractivity contribution in [3.8, 4) is 12.1 Å². The molecule has 0 aliphatic heterocycles. The van der Waals surface area contributed by atoms with E-state index in [0.717, 1.165) is 11.4 Å². The molecule has 0 aromatic heterocycles. The van der Waals surface area contributed by atoms with Gasteiger partial charge in [0.15, 0.2) is 11.4 Å². The second kappa shape index (κ2) is 8.76. The monoisotopic (exact) mass is 330 g/mol. The molecule has 0 aliphatic carbocycles. The van der Waals surface area contributed by atoms with Gasteiger partial charge in [0.05, 0.1) is 0 Å². The van der Waals surface area contributed by atoms with Crippen molar-refractivity contribution in [3.05, 3.63) is 72.1 Å². The number of allylic oxidation sites excluding steroid dienone is 1. The summed E-state index contributed by atoms with van der Waals surface area (Å²) in [5.74, 6) is 0.677. The maximum absolute atomic E-state index is 9.24. The first kappa shape index (κ1) is 17.6. The Morgan fingerprint density at radius 2 is 1.32 bits per heavy atom. The first-order chi connectivity index (χ1) is 12.1. The van der Waals surface area contributed by atoms with Gasteiger partial charge in [0.2, 0.25) is 5.96 Å². The van der Waals surface area contributed by atoms with Crippen LogP contribution in [-0.2, 0) is 0 Å². The van der Waals surface area contributed by atoms with Crippen LogP contribution in [0.5, 0.6) is 0 Å². The van der Waals surface area contributed by atoms with Gasteiger partial charge in [-0.1, -0.05) is 36.4 Å². The van der Waals surface area contributed by atoms with Crippen molar-refractivity contribution in [1.29, 1.82) is 10.5 Å². The van der Waals surface area contributed by atoms with E-state index in [1.165, 1.54) is 0 Å². The minimum Gasteiger partial charge on any atom is -0.348 e. The van der Waals surface area contributed by atoms with Crippen molar-refractivity contribution in [2.75, 3.05) is 24.7 Å². The highest BCUT2D eigenvalue weighted by molar-refractivity contribution is 5.94. The van der Waals surface area contributed by atoms with Crippen molar-refractivity contribution in [3.63, 3.8) is 0 Å². The largest absolute Gasteiger partial charge is 0.348 e. The number of nitrogens with one attached hydrogen (secondary N) is 2. The fraction of sp³-hybridized carbons (Fsp3) is 0.105. The molecular formula is C19H18N6. The zero-order valence-electron chi connectivity index (χ0n) is 14.1. The summed E-state index contributed by atoms with van der Waals surface area (Å²) in [5, 5.41) is 24.7. The van der Waals surface area contributed by atoms with Gasteiger partial charge >= 0.3 is 0 Å². The van der Waals surface area contributed by atoms with Crippen LogP contribution >= 0.6 is 0 Å². The molecule has 0 radical (unpaired) electrons. The van der Waals surface area contributed by atoms with Crippen molar-refractivity contribution >= 4 is 17.3 Å². The highest BCUT2D eigenvalue weighted by Gasteiger charge is 2.10. The Hall–Kier alpha value is -3.77. The summed E-state index contributed by atoms with van der Waals surface area (Å²) in [6.45, 7) is 0. The van der Waals surface area contributed by atoms with E-state index in [0.29, 0.717) is 5.96 Å². The van der Waals surface area contributed by atoms with Crippen LogP contribution in [0.25, 0.3) is 0 Å². The number of benzene rings is 2. The molecule has 6 heteroatoms. The number of hydrogen-bond donors (Lipinski definition) is 2. The Morgan fingerprint density at radius 3 is 1.76 bits per heavy atom. The summed E-state index contributed by atoms with van der Waals surface area (Å²) in [5.41, 5.74) is 1.49. The maximum atomic E-state index is 9.24. The number of rotatable bonds is 4. The molecule has 124 valence electrons. The van der Waals surface area contributed by atoms with Gasteiger partial charge < -0.3 is 15.5 Å². The standard InChI is InChI=1S/C19H18N6/c1-25(2)19(23-17-11-7-4-8-12-17)24-18(15(13-20)14-21)22-16-9-5-3-6-10-16/h3-12,22H,1-2H3,(H,23,24). The van der Waals surface area contributed by atoms with Gasteiger partial charge in [-0.2, -0.15) is 15.5 Å². The molecule has 0 bridgehead atoms. The van der Waals surface area contributed by atoms with E-state index in [1.54, 1.807) is 4.90 Å². The van der Waals surface area contributed by atoms with Gasteiger partial charge in [-0.15, -0.1) is 0 Å². The summed E-state index contributed by atoms with van der Waals surface area (Å²) in [4.78, 5) is 6.23. The molecule has 0 spiro atoms. The summed E-state index contributed by atoms with van der Waals surface area (Å²) in [7, 11) is 3.65. The van der Waals surface area contributed by atoms with E-state index in [-0.39, 0.29) is 11.4 Å². The molecule has 2 aromatic carbocycles. The number of nitrogens with zero attached hydrogens (tertiary/aromatic N) is 4. The number of anilines is 2. The number of guanidine groups is 1. The smallest absolute Gasteiger partial charge is 0.204 e. The molecule has 0 heterocycles. The molecular weight excluding hydrogens is 312 g/mol. The Balaban J connectivity index is 2.41. The molecule has 25 heavy (non-hydrogen) atoms. The summed E-state index contributed by atoms with van der Waals surface area (Å²) in [6.07, 6.45) is 0. The predicted octanol–water partition coefficient (Wildman–Crippen LogP) is 3.39. The van der Waals surface area contributed by atoms with E-state index in [9.17, 15) is 10.5 Å². The SMILES string of the molecule is CN(C)/C(=N/C(Nc1ccccc1)=C(C#N)C#N)Nc1ccccc1. The Kier molecular flexibility index (Phi) is 6.16. The molecule has 0 amide bonds. The van der Waals surface area contributed by atoms with Gasteiger partial charge in [-0.3, -0.25) is 0 Å². The third kappa shape index (κ3) is 5.12. The lowest BCUT2D eigenvalue weighted by Crippen LogP contribution is -2.30. The number of aliphatic imine (C=N–C) groups is 1. The minimum absolute atomic E-state index is 0.0990. The van der Waals surface area contributed by atoms with Crippen molar-refractivity contribution in [2.24, 2.45) is 4.99 Å². The molecule has 0 fully saturated rings. The van der Waals surface area contributed by atoms with E-state index in [2.05, 4.69) is 15.6 Å². The average Bonchev–Trinajstić information content (AvgIpc) is 2.63. The summed E-state index contributed by atoms with van der Waals surface area (Å²) in [6, 6.07) is 22.6. The molecule has 0 unspecified atom stereocenters. The molecule has 6 nitrogen and oxygen atoms in total. The van der Waals surface area contributed by atoms with Crippen LogP contribution < -0.4 is 10.6 Å². The predicted molar refractivity (Wildman–Crippen MR) is 99.5 cm³/mol. The van der Waals surface area contributed by atoms with Gasteiger partial charge in [-0.25, -0.2) is 0 Å². The number of nitriles is 2. The van der Waals surface area contributed by atoms with Crippen LogP contribution in [0.15, 0.2) is 77.1 Å². The molecule has 0 saturated heterocycles. The Labute approximate surface area is 147 Å². The molecule has 2 rings (SSSR count). The van der Waals surface area contributed by atoms with Crippen LogP contribution in [-0.4, -0.2) is 25.0 Å². The summed E-state index contributed by atoms with van der Waals surface area (Å²) < 4.78 is 0. The van der Waals surface area contributed by atoms with E-state index < -0.39 is 0 Å². The second-order valence-corrected chi connectivity index (χ2v) is 5.26. The first-order valence-corrected chi connectivity index (χ1v) is 7.58.